The van der Waals surface area contributed by atoms with Crippen LogP contribution in [-0.2, 0) is 14.3 Å². The number of nitrogens with zero attached hydrogens (tertiary/aromatic N) is 2. The molecule has 1 fully saturated rings. The number of benzene rings is 1. The molecule has 35 heavy (non-hydrogen) atoms. The lowest BCUT2D eigenvalue weighted by atomic mass is 9.93. The number of carbonyl (C=O) groups excluding carboxylic acids is 3. The second kappa shape index (κ2) is 10.2. The van der Waals surface area contributed by atoms with Crippen molar-refractivity contribution < 1.29 is 33.7 Å². The maximum atomic E-state index is 13.3. The lowest BCUT2D eigenvalue weighted by molar-refractivity contribution is -0.140. The van der Waals surface area contributed by atoms with Crippen LogP contribution in [0.3, 0.4) is 0 Å². The normalized spacial score (nSPS) is 17.3. The van der Waals surface area contributed by atoms with E-state index in [4.69, 9.17) is 14.2 Å². The van der Waals surface area contributed by atoms with Crippen molar-refractivity contribution in [1.29, 1.82) is 0 Å². The van der Waals surface area contributed by atoms with Gasteiger partial charge in [-0.25, -0.2) is 4.79 Å². The summed E-state index contributed by atoms with van der Waals surface area (Å²) in [7, 11) is 7.93. The third-order valence-electron chi connectivity index (χ3n) is 6.12. The van der Waals surface area contributed by atoms with Gasteiger partial charge in [0.05, 0.1) is 32.9 Å². The molecule has 10 nitrogen and oxygen atoms in total. The first-order valence-corrected chi connectivity index (χ1v) is 11.0. The highest BCUT2D eigenvalue weighted by molar-refractivity contribution is 6.46. The Hall–Kier alpha value is -3.79. The van der Waals surface area contributed by atoms with Crippen LogP contribution < -0.4 is 9.47 Å². The van der Waals surface area contributed by atoms with Gasteiger partial charge >= 0.3 is 5.97 Å². The SMILES string of the molecule is COC(=O)c1[nH]c(C)c(C(O)=C2C(=O)C(=O)N(CCN(C)C)[C@@H]2c2cccc(OC)c2OC)c1C. The quantitative estimate of drug-likeness (QED) is 0.253. The number of H-pyrrole nitrogens is 1. The Morgan fingerprint density at radius 2 is 1.83 bits per heavy atom. The van der Waals surface area contributed by atoms with E-state index >= 15 is 0 Å². The number of ketones is 1. The largest absolute Gasteiger partial charge is 0.507 e. The van der Waals surface area contributed by atoms with E-state index in [1.165, 1.54) is 26.2 Å². The van der Waals surface area contributed by atoms with Crippen molar-refractivity contribution >= 4 is 23.4 Å². The van der Waals surface area contributed by atoms with Crippen molar-refractivity contribution in [3.63, 3.8) is 0 Å². The molecule has 1 amide bonds. The van der Waals surface area contributed by atoms with Gasteiger partial charge in [-0.05, 0) is 39.6 Å². The maximum Gasteiger partial charge on any atom is 0.354 e. The number of aromatic amines is 1. The molecule has 2 heterocycles. The number of nitrogens with one attached hydrogen (secondary N) is 1. The molecule has 0 radical (unpaired) electrons. The van der Waals surface area contributed by atoms with Gasteiger partial charge in [-0.2, -0.15) is 0 Å². The predicted molar refractivity (Wildman–Crippen MR) is 129 cm³/mol. The number of para-hydroxylation sites is 1. The van der Waals surface area contributed by atoms with Crippen LogP contribution in [0.15, 0.2) is 23.8 Å². The van der Waals surface area contributed by atoms with Gasteiger partial charge in [-0.3, -0.25) is 9.59 Å². The van der Waals surface area contributed by atoms with Gasteiger partial charge in [-0.1, -0.05) is 12.1 Å². The molecule has 1 aromatic carbocycles. The number of methoxy groups -OCH3 is 3. The molecule has 1 saturated heterocycles. The molecule has 10 heteroatoms. The molecule has 0 bridgehead atoms. The lowest BCUT2D eigenvalue weighted by Gasteiger charge is -2.28. The number of carbonyl (C=O) groups is 3. The molecule has 2 N–H and O–H groups in total. The van der Waals surface area contributed by atoms with Crippen LogP contribution in [0.4, 0.5) is 0 Å². The van der Waals surface area contributed by atoms with E-state index in [9.17, 15) is 19.5 Å². The van der Waals surface area contributed by atoms with Crippen LogP contribution in [0, 0.1) is 13.8 Å². The molecule has 1 aliphatic rings. The summed E-state index contributed by atoms with van der Waals surface area (Å²) in [5, 5.41) is 11.5. The van der Waals surface area contributed by atoms with Crippen molar-refractivity contribution in [2.45, 2.75) is 19.9 Å². The summed E-state index contributed by atoms with van der Waals surface area (Å²) in [6, 6.07) is 4.22. The van der Waals surface area contributed by atoms with E-state index in [1.807, 2.05) is 19.0 Å². The number of ether oxygens (including phenoxy) is 3. The molecule has 1 aromatic heterocycles. The Labute approximate surface area is 204 Å². The molecule has 0 aliphatic carbocycles. The highest BCUT2D eigenvalue weighted by Crippen LogP contribution is 2.46. The Balaban J connectivity index is 2.31. The van der Waals surface area contributed by atoms with Gasteiger partial charge in [0.25, 0.3) is 11.7 Å². The van der Waals surface area contributed by atoms with Gasteiger partial charge in [-0.15, -0.1) is 0 Å². The van der Waals surface area contributed by atoms with Gasteiger partial charge in [0.1, 0.15) is 11.5 Å². The average Bonchev–Trinajstić information content (AvgIpc) is 3.27. The van der Waals surface area contributed by atoms with Crippen molar-refractivity contribution in [2.75, 3.05) is 48.5 Å². The van der Waals surface area contributed by atoms with Crippen LogP contribution in [-0.4, -0.2) is 86.1 Å². The zero-order chi connectivity index (χ0) is 26.0. The van der Waals surface area contributed by atoms with Crippen molar-refractivity contribution in [2.24, 2.45) is 0 Å². The summed E-state index contributed by atoms with van der Waals surface area (Å²) in [5.41, 5.74) is 1.68. The standard InChI is InChI=1S/C25H31N3O7/c1-13-17(14(2)26-19(13)25(32)35-7)21(29)18-20(15-9-8-10-16(33-5)23(15)34-6)28(12-11-27(3)4)24(31)22(18)30/h8-10,20,26,29H,11-12H2,1-7H3/t20-/m1/s1. The number of aliphatic hydroxyl groups excluding tert-OH is 1. The molecule has 1 aliphatic heterocycles. The zero-order valence-corrected chi connectivity index (χ0v) is 21.0. The first-order valence-electron chi connectivity index (χ1n) is 11.0. The Bertz CT molecular complexity index is 1200. The third kappa shape index (κ3) is 4.49. The van der Waals surface area contributed by atoms with Gasteiger partial charge < -0.3 is 34.1 Å². The van der Waals surface area contributed by atoms with Crippen LogP contribution in [0.2, 0.25) is 0 Å². The van der Waals surface area contributed by atoms with Crippen molar-refractivity contribution in [3.8, 4) is 11.5 Å². The molecular weight excluding hydrogens is 454 g/mol. The molecule has 188 valence electrons. The topological polar surface area (TPSA) is 121 Å². The molecule has 0 saturated carbocycles. The van der Waals surface area contributed by atoms with E-state index in [-0.39, 0.29) is 29.1 Å². The first kappa shape index (κ1) is 25.8. The van der Waals surface area contributed by atoms with Crippen molar-refractivity contribution in [3.05, 3.63) is 51.9 Å². The highest BCUT2D eigenvalue weighted by atomic mass is 16.5. The second-order valence-corrected chi connectivity index (χ2v) is 8.50. The van der Waals surface area contributed by atoms with Gasteiger partial charge in [0.2, 0.25) is 0 Å². The number of Topliss-reactive ketones (excluding diaryl/α,β-unsaturated/α-hetero) is 1. The van der Waals surface area contributed by atoms with E-state index in [0.29, 0.717) is 34.9 Å². The Morgan fingerprint density at radius 3 is 2.40 bits per heavy atom. The summed E-state index contributed by atoms with van der Waals surface area (Å²) in [6.45, 7) is 4.02. The summed E-state index contributed by atoms with van der Waals surface area (Å²) in [6.07, 6.45) is 0. The minimum Gasteiger partial charge on any atom is -0.507 e. The van der Waals surface area contributed by atoms with Crippen LogP contribution >= 0.6 is 0 Å². The fourth-order valence-electron chi connectivity index (χ4n) is 4.42. The number of aryl methyl sites for hydroxylation is 1. The number of likely N-dealkylation sites (tertiary alicyclic amines) is 1. The van der Waals surface area contributed by atoms with Gasteiger partial charge in [0.15, 0.2) is 11.5 Å². The molecular formula is C25H31N3O7. The van der Waals surface area contributed by atoms with Crippen LogP contribution in [0.5, 0.6) is 11.5 Å². The number of amides is 1. The number of esters is 1. The minimum atomic E-state index is -0.935. The third-order valence-corrected chi connectivity index (χ3v) is 6.12. The summed E-state index contributed by atoms with van der Waals surface area (Å²) >= 11 is 0. The summed E-state index contributed by atoms with van der Waals surface area (Å²) in [4.78, 5) is 44.9. The van der Waals surface area contributed by atoms with Crippen molar-refractivity contribution in [1.82, 2.24) is 14.8 Å². The number of likely N-dealkylation sites (N-methyl/N-ethyl adjacent to an activating group) is 1. The monoisotopic (exact) mass is 485 g/mol. The molecule has 2 aromatic rings. The fraction of sp³-hybridized carbons (Fsp3) is 0.400. The van der Waals surface area contributed by atoms with Gasteiger partial charge in [0, 0.05) is 29.9 Å². The van der Waals surface area contributed by atoms with E-state index in [1.54, 1.807) is 32.0 Å². The number of aliphatic hydroxyl groups is 1. The Morgan fingerprint density at radius 1 is 1.14 bits per heavy atom. The van der Waals surface area contributed by atoms with E-state index in [2.05, 4.69) is 4.98 Å². The summed E-state index contributed by atoms with van der Waals surface area (Å²) in [5.74, 6) is -1.78. The average molecular weight is 486 g/mol. The molecule has 0 unspecified atom stereocenters. The van der Waals surface area contributed by atoms with E-state index < -0.39 is 23.7 Å². The summed E-state index contributed by atoms with van der Waals surface area (Å²) < 4.78 is 15.8. The maximum absolute atomic E-state index is 13.3. The molecule has 0 spiro atoms. The Kier molecular flexibility index (Phi) is 7.54. The van der Waals surface area contributed by atoms with E-state index in [0.717, 1.165) is 0 Å². The number of rotatable bonds is 8. The minimum absolute atomic E-state index is 0.0954. The second-order valence-electron chi connectivity index (χ2n) is 8.50. The fourth-order valence-corrected chi connectivity index (χ4v) is 4.42. The van der Waals surface area contributed by atoms with Crippen LogP contribution in [0.25, 0.3) is 5.76 Å². The predicted octanol–water partition coefficient (Wildman–Crippen LogP) is 2.42. The lowest BCUT2D eigenvalue weighted by Crippen LogP contribution is -2.35. The number of hydrogen-bond donors (Lipinski definition) is 2. The van der Waals surface area contributed by atoms with Crippen LogP contribution in [0.1, 0.15) is 38.9 Å². The zero-order valence-electron chi connectivity index (χ0n) is 21.0. The molecule has 3 rings (SSSR count). The molecule has 1 atom stereocenters. The first-order chi connectivity index (χ1) is 16.6. The smallest absolute Gasteiger partial charge is 0.354 e. The number of aromatic nitrogens is 1. The number of hydrogen-bond acceptors (Lipinski definition) is 8. The highest BCUT2D eigenvalue weighted by Gasteiger charge is 2.47.